The predicted molar refractivity (Wildman–Crippen MR) is 129 cm³/mol. The van der Waals surface area contributed by atoms with Gasteiger partial charge in [0.15, 0.2) is 9.84 Å². The Morgan fingerprint density at radius 2 is 1.77 bits per heavy atom. The molecular formula is C26H20FN3O4S. The van der Waals surface area contributed by atoms with E-state index in [1.54, 1.807) is 49.6 Å². The van der Waals surface area contributed by atoms with Gasteiger partial charge in [-0.15, -0.1) is 0 Å². The summed E-state index contributed by atoms with van der Waals surface area (Å²) in [5, 5.41) is 6.72. The largest absolute Gasteiger partial charge is 0.417 e. The van der Waals surface area contributed by atoms with Crippen LogP contribution in [0.3, 0.4) is 0 Å². The third-order valence-corrected chi connectivity index (χ3v) is 6.51. The van der Waals surface area contributed by atoms with Gasteiger partial charge in [0.05, 0.1) is 16.3 Å². The standard InChI is InChI=1S/C26H20FN3O4S/c1-30-16-15-23(29-30)18-35(32,33)25-14-13-22(28-26(31)34-24-5-3-2-4-6-24)17-20(25)10-7-19-8-11-21(27)12-9-19/h2-6,8-9,11-17H,18H2,1H3,(H,28,31). The van der Waals surface area contributed by atoms with Crippen molar-refractivity contribution in [2.24, 2.45) is 7.05 Å². The van der Waals surface area contributed by atoms with Crippen LogP contribution < -0.4 is 10.1 Å². The Labute approximate surface area is 202 Å². The van der Waals surface area contributed by atoms with Gasteiger partial charge in [0.2, 0.25) is 0 Å². The zero-order valence-electron chi connectivity index (χ0n) is 18.6. The summed E-state index contributed by atoms with van der Waals surface area (Å²) in [5.41, 5.74) is 1.36. The summed E-state index contributed by atoms with van der Waals surface area (Å²) in [6.45, 7) is 0. The van der Waals surface area contributed by atoms with E-state index in [0.29, 0.717) is 22.7 Å². The van der Waals surface area contributed by atoms with Gasteiger partial charge in [-0.1, -0.05) is 30.0 Å². The molecule has 0 saturated heterocycles. The smallest absolute Gasteiger partial charge is 0.410 e. The molecule has 0 bridgehead atoms. The molecule has 0 aliphatic heterocycles. The molecule has 0 radical (unpaired) electrons. The number of rotatable bonds is 5. The van der Waals surface area contributed by atoms with Crippen molar-refractivity contribution in [2.45, 2.75) is 10.6 Å². The van der Waals surface area contributed by atoms with Crippen LogP contribution in [0.2, 0.25) is 0 Å². The first-order valence-corrected chi connectivity index (χ1v) is 12.1. The molecule has 0 fully saturated rings. The van der Waals surface area contributed by atoms with Crippen molar-refractivity contribution in [3.63, 3.8) is 0 Å². The van der Waals surface area contributed by atoms with Gasteiger partial charge < -0.3 is 4.74 Å². The summed E-state index contributed by atoms with van der Waals surface area (Å²) in [5.74, 6) is 5.32. The number of nitrogens with one attached hydrogen (secondary N) is 1. The highest BCUT2D eigenvalue weighted by atomic mass is 32.2. The maximum atomic E-state index is 13.2. The highest BCUT2D eigenvalue weighted by molar-refractivity contribution is 7.90. The fourth-order valence-electron chi connectivity index (χ4n) is 3.20. The van der Waals surface area contributed by atoms with Crippen LogP contribution in [0.4, 0.5) is 14.9 Å². The second-order valence-corrected chi connectivity index (χ2v) is 9.49. The number of ether oxygens (including phenoxy) is 1. The Morgan fingerprint density at radius 1 is 1.03 bits per heavy atom. The minimum absolute atomic E-state index is 0.0141. The second kappa shape index (κ2) is 10.2. The molecule has 0 aliphatic rings. The van der Waals surface area contributed by atoms with E-state index in [9.17, 15) is 17.6 Å². The van der Waals surface area contributed by atoms with Gasteiger partial charge in [0.25, 0.3) is 0 Å². The third kappa shape index (κ3) is 6.34. The number of para-hydroxylation sites is 1. The number of aryl methyl sites for hydroxylation is 1. The van der Waals surface area contributed by atoms with E-state index >= 15 is 0 Å². The van der Waals surface area contributed by atoms with Crippen LogP contribution in [-0.2, 0) is 22.6 Å². The number of amides is 1. The quantitative estimate of drug-likeness (QED) is 0.416. The van der Waals surface area contributed by atoms with Crippen LogP contribution in [0.15, 0.2) is 90.0 Å². The van der Waals surface area contributed by atoms with Crippen molar-refractivity contribution in [3.8, 4) is 17.6 Å². The number of halogens is 1. The van der Waals surface area contributed by atoms with Gasteiger partial charge in [0, 0.05) is 30.1 Å². The molecule has 3 aromatic carbocycles. The van der Waals surface area contributed by atoms with Crippen molar-refractivity contribution in [1.82, 2.24) is 9.78 Å². The minimum atomic E-state index is -3.82. The topological polar surface area (TPSA) is 90.3 Å². The maximum absolute atomic E-state index is 13.2. The van der Waals surface area contributed by atoms with Gasteiger partial charge in [-0.3, -0.25) is 10.00 Å². The Bertz CT molecular complexity index is 1520. The van der Waals surface area contributed by atoms with Crippen LogP contribution in [0.25, 0.3) is 0 Å². The molecule has 1 amide bonds. The third-order valence-electron chi connectivity index (χ3n) is 4.81. The molecule has 1 heterocycles. The van der Waals surface area contributed by atoms with Crippen molar-refractivity contribution in [3.05, 3.63) is 108 Å². The molecule has 4 aromatic rings. The molecule has 1 aromatic heterocycles. The van der Waals surface area contributed by atoms with Crippen molar-refractivity contribution < 1.29 is 22.3 Å². The fourth-order valence-corrected chi connectivity index (χ4v) is 4.62. The summed E-state index contributed by atoms with van der Waals surface area (Å²) < 4.78 is 46.3. The molecule has 0 unspecified atom stereocenters. The van der Waals surface area contributed by atoms with Gasteiger partial charge >= 0.3 is 6.09 Å². The lowest BCUT2D eigenvalue weighted by Gasteiger charge is -2.10. The van der Waals surface area contributed by atoms with E-state index in [2.05, 4.69) is 22.3 Å². The lowest BCUT2D eigenvalue weighted by Crippen LogP contribution is -2.17. The molecule has 4 rings (SSSR count). The molecule has 0 spiro atoms. The highest BCUT2D eigenvalue weighted by Gasteiger charge is 2.21. The van der Waals surface area contributed by atoms with E-state index in [0.717, 1.165) is 0 Å². The Hall–Kier alpha value is -4.42. The molecule has 35 heavy (non-hydrogen) atoms. The SMILES string of the molecule is Cn1ccc(CS(=O)(=O)c2ccc(NC(=O)Oc3ccccc3)cc2C#Cc2ccc(F)cc2)n1. The highest BCUT2D eigenvalue weighted by Crippen LogP contribution is 2.24. The normalized spacial score (nSPS) is 10.8. The fraction of sp³-hybridized carbons (Fsp3) is 0.0769. The van der Waals surface area contributed by atoms with Crippen molar-refractivity contribution in [2.75, 3.05) is 5.32 Å². The first kappa shape index (κ1) is 23.7. The van der Waals surface area contributed by atoms with E-state index in [1.165, 1.54) is 47.1 Å². The molecule has 7 nitrogen and oxygen atoms in total. The summed E-state index contributed by atoms with van der Waals surface area (Å²) in [6, 6.07) is 19.9. The average molecular weight is 490 g/mol. The van der Waals surface area contributed by atoms with Gasteiger partial charge in [0.1, 0.15) is 11.6 Å². The molecule has 0 saturated carbocycles. The summed E-state index contributed by atoms with van der Waals surface area (Å²) in [4.78, 5) is 12.3. The van der Waals surface area contributed by atoms with Crippen LogP contribution in [-0.4, -0.2) is 24.3 Å². The number of carbonyl (C=O) groups is 1. The number of nitrogens with zero attached hydrogens (tertiary/aromatic N) is 2. The van der Waals surface area contributed by atoms with E-state index in [1.807, 2.05) is 0 Å². The van der Waals surface area contributed by atoms with Gasteiger partial charge in [-0.05, 0) is 60.7 Å². The van der Waals surface area contributed by atoms with Crippen LogP contribution in [0.5, 0.6) is 5.75 Å². The Morgan fingerprint density at radius 3 is 2.46 bits per heavy atom. The lowest BCUT2D eigenvalue weighted by molar-refractivity contribution is 0.215. The molecule has 0 atom stereocenters. The Kier molecular flexibility index (Phi) is 6.94. The number of hydrogen-bond acceptors (Lipinski definition) is 5. The maximum Gasteiger partial charge on any atom is 0.417 e. The number of hydrogen-bond donors (Lipinski definition) is 1. The van der Waals surface area contributed by atoms with Crippen molar-refractivity contribution in [1.29, 1.82) is 0 Å². The number of carbonyl (C=O) groups excluding carboxylic acids is 1. The Balaban J connectivity index is 1.66. The molecule has 0 aliphatic carbocycles. The minimum Gasteiger partial charge on any atom is -0.410 e. The van der Waals surface area contributed by atoms with Crippen LogP contribution >= 0.6 is 0 Å². The number of aromatic nitrogens is 2. The summed E-state index contributed by atoms with van der Waals surface area (Å²) in [6.07, 6.45) is 0.920. The predicted octanol–water partition coefficient (Wildman–Crippen LogP) is 4.54. The zero-order valence-corrected chi connectivity index (χ0v) is 19.4. The molecular weight excluding hydrogens is 469 g/mol. The van der Waals surface area contributed by atoms with E-state index in [-0.39, 0.29) is 16.2 Å². The first-order chi connectivity index (χ1) is 16.8. The molecule has 1 N–H and O–H groups in total. The monoisotopic (exact) mass is 489 g/mol. The first-order valence-electron chi connectivity index (χ1n) is 10.5. The molecule has 176 valence electrons. The second-order valence-electron chi connectivity index (χ2n) is 7.54. The van der Waals surface area contributed by atoms with E-state index < -0.39 is 21.7 Å². The van der Waals surface area contributed by atoms with Crippen LogP contribution in [0.1, 0.15) is 16.8 Å². The van der Waals surface area contributed by atoms with E-state index in [4.69, 9.17) is 4.74 Å². The van der Waals surface area contributed by atoms with Gasteiger partial charge in [-0.2, -0.15) is 5.10 Å². The average Bonchev–Trinajstić information content (AvgIpc) is 3.23. The molecule has 9 heteroatoms. The number of sulfone groups is 1. The van der Waals surface area contributed by atoms with Crippen molar-refractivity contribution >= 4 is 21.6 Å². The summed E-state index contributed by atoms with van der Waals surface area (Å²) in [7, 11) is -2.12. The number of benzene rings is 3. The van der Waals surface area contributed by atoms with Gasteiger partial charge in [-0.25, -0.2) is 17.6 Å². The lowest BCUT2D eigenvalue weighted by atomic mass is 10.1. The number of anilines is 1. The van der Waals surface area contributed by atoms with Crippen LogP contribution in [0, 0.1) is 17.7 Å². The zero-order chi connectivity index (χ0) is 24.8. The summed E-state index contributed by atoms with van der Waals surface area (Å²) >= 11 is 0.